The number of nitriles is 1. The van der Waals surface area contributed by atoms with E-state index in [-0.39, 0.29) is 6.61 Å². The molecule has 1 aromatic carbocycles. The lowest BCUT2D eigenvalue weighted by Crippen LogP contribution is -2.25. The van der Waals surface area contributed by atoms with Gasteiger partial charge in [0.25, 0.3) is 0 Å². The fraction of sp³-hybridized carbons (Fsp3) is 0.357. The second kappa shape index (κ2) is 6.58. The first-order valence-electron chi connectivity index (χ1n) is 5.59. The van der Waals surface area contributed by atoms with Gasteiger partial charge in [-0.05, 0) is 24.1 Å². The number of anilines is 1. The van der Waals surface area contributed by atoms with Crippen LogP contribution >= 0.6 is 0 Å². The minimum absolute atomic E-state index is 0.0577. The molecule has 0 amide bonds. The highest BCUT2D eigenvalue weighted by atomic mass is 16.3. The van der Waals surface area contributed by atoms with Gasteiger partial charge in [0.1, 0.15) is 6.07 Å². The van der Waals surface area contributed by atoms with Crippen LogP contribution in [0.3, 0.4) is 0 Å². The van der Waals surface area contributed by atoms with E-state index in [1.54, 1.807) is 6.07 Å². The summed E-state index contributed by atoms with van der Waals surface area (Å²) in [6.07, 6.45) is 6.30. The highest BCUT2D eigenvalue weighted by Crippen LogP contribution is 2.21. The monoisotopic (exact) mass is 228 g/mol. The van der Waals surface area contributed by atoms with E-state index in [0.717, 1.165) is 24.2 Å². The van der Waals surface area contributed by atoms with E-state index in [9.17, 15) is 0 Å². The number of nitrogens with zero attached hydrogens (tertiary/aromatic N) is 2. The van der Waals surface area contributed by atoms with E-state index in [1.807, 2.05) is 17.0 Å². The second-order valence-corrected chi connectivity index (χ2v) is 3.75. The molecule has 0 bridgehead atoms. The lowest BCUT2D eigenvalue weighted by Gasteiger charge is -2.23. The molecule has 1 N–H and O–H groups in total. The summed E-state index contributed by atoms with van der Waals surface area (Å²) >= 11 is 0. The molecule has 0 fully saturated rings. The molecular formula is C14H16N2O. The molecule has 0 heterocycles. The van der Waals surface area contributed by atoms with Crippen LogP contribution in [-0.4, -0.2) is 18.2 Å². The van der Waals surface area contributed by atoms with Crippen molar-refractivity contribution in [1.29, 1.82) is 5.26 Å². The van der Waals surface area contributed by atoms with Gasteiger partial charge in [-0.1, -0.05) is 18.9 Å². The van der Waals surface area contributed by atoms with Crippen LogP contribution in [0.5, 0.6) is 0 Å². The molecular weight excluding hydrogens is 212 g/mol. The maximum Gasteiger partial charge on any atom is 0.101 e. The summed E-state index contributed by atoms with van der Waals surface area (Å²) in [5.74, 6) is 2.60. The third kappa shape index (κ3) is 3.24. The van der Waals surface area contributed by atoms with Crippen LogP contribution in [0.25, 0.3) is 0 Å². The summed E-state index contributed by atoms with van der Waals surface area (Å²) in [6.45, 7) is 3.31. The Bertz CT molecular complexity index is 454. The maximum atomic E-state index is 9.11. The number of rotatable bonds is 5. The van der Waals surface area contributed by atoms with Gasteiger partial charge in [0.15, 0.2) is 0 Å². The number of hydrogen-bond acceptors (Lipinski definition) is 3. The Labute approximate surface area is 102 Å². The van der Waals surface area contributed by atoms with Gasteiger partial charge in [0, 0.05) is 6.54 Å². The topological polar surface area (TPSA) is 47.3 Å². The molecule has 0 aliphatic carbocycles. The normalized spacial score (nSPS) is 9.41. The average Bonchev–Trinajstić information content (AvgIpc) is 2.37. The van der Waals surface area contributed by atoms with E-state index in [1.165, 1.54) is 0 Å². The smallest absolute Gasteiger partial charge is 0.101 e. The molecule has 88 valence electrons. The molecule has 1 aromatic rings. The van der Waals surface area contributed by atoms with Crippen molar-refractivity contribution in [3.8, 4) is 18.4 Å². The van der Waals surface area contributed by atoms with Crippen LogP contribution in [0.4, 0.5) is 5.69 Å². The molecule has 1 rings (SSSR count). The first-order valence-corrected chi connectivity index (χ1v) is 5.59. The molecule has 0 saturated carbocycles. The Morgan fingerprint density at radius 3 is 2.76 bits per heavy atom. The van der Waals surface area contributed by atoms with E-state index in [2.05, 4.69) is 18.9 Å². The lowest BCUT2D eigenvalue weighted by atomic mass is 10.1. The van der Waals surface area contributed by atoms with Crippen molar-refractivity contribution < 1.29 is 5.11 Å². The summed E-state index contributed by atoms with van der Waals surface area (Å²) in [6, 6.07) is 7.51. The largest absolute Gasteiger partial charge is 0.392 e. The summed E-state index contributed by atoms with van der Waals surface area (Å²) in [5.41, 5.74) is 2.13. The van der Waals surface area contributed by atoms with Gasteiger partial charge in [0.2, 0.25) is 0 Å². The molecule has 0 unspecified atom stereocenters. The molecule has 3 heteroatoms. The minimum atomic E-state index is -0.0577. The van der Waals surface area contributed by atoms with Crippen molar-refractivity contribution in [1.82, 2.24) is 0 Å². The van der Waals surface area contributed by atoms with Crippen molar-refractivity contribution >= 4 is 5.69 Å². The molecule has 0 aromatic heterocycles. The first-order chi connectivity index (χ1) is 8.26. The third-order valence-corrected chi connectivity index (χ3v) is 2.48. The van der Waals surface area contributed by atoms with Gasteiger partial charge in [-0.2, -0.15) is 5.26 Å². The van der Waals surface area contributed by atoms with Gasteiger partial charge in [-0.3, -0.25) is 0 Å². The van der Waals surface area contributed by atoms with Crippen LogP contribution in [0.1, 0.15) is 24.5 Å². The molecule has 0 spiro atoms. The van der Waals surface area contributed by atoms with E-state index >= 15 is 0 Å². The molecule has 17 heavy (non-hydrogen) atoms. The maximum absolute atomic E-state index is 9.11. The summed E-state index contributed by atoms with van der Waals surface area (Å²) in [7, 11) is 0. The van der Waals surface area contributed by atoms with Crippen LogP contribution in [0.2, 0.25) is 0 Å². The molecule has 0 radical (unpaired) electrons. The fourth-order valence-corrected chi connectivity index (χ4v) is 1.71. The first kappa shape index (κ1) is 13.1. The van der Waals surface area contributed by atoms with Crippen molar-refractivity contribution in [2.45, 2.75) is 20.0 Å². The van der Waals surface area contributed by atoms with Crippen LogP contribution in [0, 0.1) is 23.7 Å². The SMILES string of the molecule is C#CCN(CCC)c1ccc(CO)cc1C#N. The van der Waals surface area contributed by atoms with Crippen molar-refractivity contribution in [3.63, 3.8) is 0 Å². The quantitative estimate of drug-likeness (QED) is 0.783. The predicted octanol–water partition coefficient (Wildman–Crippen LogP) is 1.90. The van der Waals surface area contributed by atoms with Gasteiger partial charge < -0.3 is 10.0 Å². The van der Waals surface area contributed by atoms with Crippen LogP contribution in [0.15, 0.2) is 18.2 Å². The number of aliphatic hydroxyl groups excluding tert-OH is 1. The van der Waals surface area contributed by atoms with Gasteiger partial charge >= 0.3 is 0 Å². The Kier molecular flexibility index (Phi) is 5.07. The molecule has 0 aliphatic rings. The standard InChI is InChI=1S/C14H16N2O/c1-3-7-16(8-4-2)14-6-5-12(11-17)9-13(14)10-15/h1,5-6,9,17H,4,7-8,11H2,2H3. The molecule has 3 nitrogen and oxygen atoms in total. The summed E-state index contributed by atoms with van der Waals surface area (Å²) < 4.78 is 0. The van der Waals surface area contributed by atoms with Crippen molar-refractivity contribution in [2.24, 2.45) is 0 Å². The molecule has 0 atom stereocenters. The number of benzene rings is 1. The summed E-state index contributed by atoms with van der Waals surface area (Å²) in [4.78, 5) is 2.00. The van der Waals surface area contributed by atoms with Crippen LogP contribution in [-0.2, 0) is 6.61 Å². The number of aliphatic hydroxyl groups is 1. The zero-order valence-corrected chi connectivity index (χ0v) is 9.98. The zero-order chi connectivity index (χ0) is 12.7. The minimum Gasteiger partial charge on any atom is -0.392 e. The second-order valence-electron chi connectivity index (χ2n) is 3.75. The van der Waals surface area contributed by atoms with Crippen molar-refractivity contribution in [2.75, 3.05) is 18.0 Å². The lowest BCUT2D eigenvalue weighted by molar-refractivity contribution is 0.282. The van der Waals surface area contributed by atoms with E-state index in [0.29, 0.717) is 12.1 Å². The number of hydrogen-bond donors (Lipinski definition) is 1. The highest BCUT2D eigenvalue weighted by molar-refractivity contribution is 5.61. The Hall–Kier alpha value is -1.97. The molecule has 0 aliphatic heterocycles. The zero-order valence-electron chi connectivity index (χ0n) is 9.98. The van der Waals surface area contributed by atoms with Gasteiger partial charge in [0.05, 0.1) is 24.4 Å². The van der Waals surface area contributed by atoms with Crippen molar-refractivity contribution in [3.05, 3.63) is 29.3 Å². The Morgan fingerprint density at radius 2 is 2.24 bits per heavy atom. The Balaban J connectivity index is 3.10. The number of terminal acetylenes is 1. The Morgan fingerprint density at radius 1 is 1.47 bits per heavy atom. The van der Waals surface area contributed by atoms with Gasteiger partial charge in [-0.15, -0.1) is 6.42 Å². The van der Waals surface area contributed by atoms with Crippen LogP contribution < -0.4 is 4.90 Å². The van der Waals surface area contributed by atoms with Gasteiger partial charge in [-0.25, -0.2) is 0 Å². The molecule has 0 saturated heterocycles. The van der Waals surface area contributed by atoms with E-state index < -0.39 is 0 Å². The average molecular weight is 228 g/mol. The van der Waals surface area contributed by atoms with E-state index in [4.69, 9.17) is 16.8 Å². The fourth-order valence-electron chi connectivity index (χ4n) is 1.71. The summed E-state index contributed by atoms with van der Waals surface area (Å²) in [5, 5.41) is 18.2. The highest BCUT2D eigenvalue weighted by Gasteiger charge is 2.10. The third-order valence-electron chi connectivity index (χ3n) is 2.48. The predicted molar refractivity (Wildman–Crippen MR) is 68.4 cm³/mol.